The second-order valence-electron chi connectivity index (χ2n) is 3.97. The molecule has 1 aliphatic rings. The molecule has 16 heavy (non-hydrogen) atoms. The fourth-order valence-corrected chi connectivity index (χ4v) is 1.91. The lowest BCUT2D eigenvalue weighted by atomic mass is 9.97. The molecule has 0 aromatic heterocycles. The highest BCUT2D eigenvalue weighted by molar-refractivity contribution is 5.97. The van der Waals surface area contributed by atoms with Crippen LogP contribution in [0.3, 0.4) is 0 Å². The third-order valence-corrected chi connectivity index (χ3v) is 2.98. The number of fused-ring (bicyclic) bond motifs is 1. The Kier molecular flexibility index (Phi) is 2.83. The maximum absolute atomic E-state index is 11.7. The summed E-state index contributed by atoms with van der Waals surface area (Å²) in [4.78, 5) is 16.3. The summed E-state index contributed by atoms with van der Waals surface area (Å²) in [5, 5.41) is 0. The maximum atomic E-state index is 11.7. The largest absolute Gasteiger partial charge is 0.489 e. The van der Waals surface area contributed by atoms with Crippen LogP contribution in [-0.2, 0) is 4.84 Å². The van der Waals surface area contributed by atoms with Crippen LogP contribution in [0.2, 0.25) is 0 Å². The van der Waals surface area contributed by atoms with E-state index in [1.807, 2.05) is 19.1 Å². The first-order valence-electron chi connectivity index (χ1n) is 5.28. The van der Waals surface area contributed by atoms with Gasteiger partial charge >= 0.3 is 0 Å². The molecule has 0 fully saturated rings. The van der Waals surface area contributed by atoms with Crippen molar-refractivity contribution in [2.45, 2.75) is 25.9 Å². The molecule has 2 atom stereocenters. The van der Waals surface area contributed by atoms with Gasteiger partial charge in [-0.05, 0) is 13.0 Å². The van der Waals surface area contributed by atoms with Gasteiger partial charge in [-0.3, -0.25) is 9.63 Å². The summed E-state index contributed by atoms with van der Waals surface area (Å²) in [5.74, 6) is 0.711. The third kappa shape index (κ3) is 1.65. The topological polar surface area (TPSA) is 47.6 Å². The SMILES string of the molecule is CONC(=O)c1cccc2c1OC(C)C2C. The van der Waals surface area contributed by atoms with Crippen LogP contribution >= 0.6 is 0 Å². The standard InChI is InChI=1S/C12H15NO3/c1-7-8(2)16-11-9(7)5-4-6-10(11)12(14)13-15-3/h4-8H,1-3H3,(H,13,14). The Morgan fingerprint density at radius 2 is 2.19 bits per heavy atom. The summed E-state index contributed by atoms with van der Waals surface area (Å²) >= 11 is 0. The Bertz CT molecular complexity index is 417. The predicted molar refractivity (Wildman–Crippen MR) is 59.4 cm³/mol. The van der Waals surface area contributed by atoms with Crippen molar-refractivity contribution in [3.63, 3.8) is 0 Å². The van der Waals surface area contributed by atoms with Crippen molar-refractivity contribution in [3.8, 4) is 5.75 Å². The average Bonchev–Trinajstić information content (AvgIpc) is 2.55. The van der Waals surface area contributed by atoms with E-state index in [9.17, 15) is 4.79 Å². The van der Waals surface area contributed by atoms with E-state index in [-0.39, 0.29) is 12.0 Å². The van der Waals surface area contributed by atoms with E-state index in [0.29, 0.717) is 17.2 Å². The Morgan fingerprint density at radius 1 is 1.44 bits per heavy atom. The molecule has 1 aliphatic heterocycles. The molecular formula is C12H15NO3. The fourth-order valence-electron chi connectivity index (χ4n) is 1.91. The quantitative estimate of drug-likeness (QED) is 0.775. The van der Waals surface area contributed by atoms with Gasteiger partial charge in [-0.1, -0.05) is 19.1 Å². The van der Waals surface area contributed by atoms with E-state index in [1.165, 1.54) is 7.11 Å². The highest BCUT2D eigenvalue weighted by Gasteiger charge is 2.30. The Labute approximate surface area is 94.5 Å². The maximum Gasteiger partial charge on any atom is 0.278 e. The van der Waals surface area contributed by atoms with E-state index in [2.05, 4.69) is 17.2 Å². The van der Waals surface area contributed by atoms with Gasteiger partial charge in [0.2, 0.25) is 0 Å². The number of hydroxylamine groups is 1. The summed E-state index contributed by atoms with van der Waals surface area (Å²) in [6.45, 7) is 4.09. The molecule has 1 heterocycles. The summed E-state index contributed by atoms with van der Waals surface area (Å²) in [7, 11) is 1.41. The molecule has 4 heteroatoms. The van der Waals surface area contributed by atoms with Crippen LogP contribution in [0.5, 0.6) is 5.75 Å². The lowest BCUT2D eigenvalue weighted by Crippen LogP contribution is -2.22. The minimum atomic E-state index is -0.277. The summed E-state index contributed by atoms with van der Waals surface area (Å²) in [6.07, 6.45) is 0.103. The number of ether oxygens (including phenoxy) is 1. The van der Waals surface area contributed by atoms with Gasteiger partial charge in [0.15, 0.2) is 0 Å². The lowest BCUT2D eigenvalue weighted by molar-refractivity contribution is 0.0533. The number of nitrogens with one attached hydrogen (secondary N) is 1. The van der Waals surface area contributed by atoms with Crippen LogP contribution in [0.15, 0.2) is 18.2 Å². The van der Waals surface area contributed by atoms with E-state index in [0.717, 1.165) is 5.56 Å². The highest BCUT2D eigenvalue weighted by Crippen LogP contribution is 2.40. The van der Waals surface area contributed by atoms with Crippen LogP contribution in [0.1, 0.15) is 35.7 Å². The van der Waals surface area contributed by atoms with Gasteiger partial charge in [0.25, 0.3) is 5.91 Å². The van der Waals surface area contributed by atoms with Crippen LogP contribution < -0.4 is 10.2 Å². The number of carbonyl (C=O) groups excluding carboxylic acids is 1. The molecule has 1 N–H and O–H groups in total. The van der Waals surface area contributed by atoms with Gasteiger partial charge in [-0.25, -0.2) is 5.48 Å². The molecule has 1 amide bonds. The lowest BCUT2D eigenvalue weighted by Gasteiger charge is -2.08. The normalized spacial score (nSPS) is 22.4. The van der Waals surface area contributed by atoms with Crippen molar-refractivity contribution in [1.82, 2.24) is 5.48 Å². The Hall–Kier alpha value is -1.55. The Balaban J connectivity index is 2.40. The van der Waals surface area contributed by atoms with Gasteiger partial charge in [-0.15, -0.1) is 0 Å². The molecule has 2 unspecified atom stereocenters. The number of hydrogen-bond donors (Lipinski definition) is 1. The molecule has 0 aliphatic carbocycles. The second-order valence-corrected chi connectivity index (χ2v) is 3.97. The molecular weight excluding hydrogens is 206 g/mol. The smallest absolute Gasteiger partial charge is 0.278 e. The van der Waals surface area contributed by atoms with E-state index >= 15 is 0 Å². The van der Waals surface area contributed by atoms with Crippen molar-refractivity contribution >= 4 is 5.91 Å². The van der Waals surface area contributed by atoms with E-state index in [1.54, 1.807) is 6.07 Å². The van der Waals surface area contributed by atoms with Crippen molar-refractivity contribution in [1.29, 1.82) is 0 Å². The highest BCUT2D eigenvalue weighted by atomic mass is 16.6. The number of para-hydroxylation sites is 1. The molecule has 0 spiro atoms. The van der Waals surface area contributed by atoms with Crippen molar-refractivity contribution < 1.29 is 14.4 Å². The zero-order valence-corrected chi connectivity index (χ0v) is 9.61. The first-order chi connectivity index (χ1) is 7.65. The molecule has 1 aromatic carbocycles. The number of benzene rings is 1. The predicted octanol–water partition coefficient (Wildman–Crippen LogP) is 1.86. The van der Waals surface area contributed by atoms with Gasteiger partial charge in [-0.2, -0.15) is 0 Å². The number of hydrogen-bond acceptors (Lipinski definition) is 3. The molecule has 0 saturated heterocycles. The van der Waals surface area contributed by atoms with E-state index < -0.39 is 0 Å². The van der Waals surface area contributed by atoms with Crippen LogP contribution in [-0.4, -0.2) is 19.1 Å². The van der Waals surface area contributed by atoms with Crippen LogP contribution in [0.4, 0.5) is 0 Å². The summed E-state index contributed by atoms with van der Waals surface area (Å²) < 4.78 is 5.70. The number of rotatable bonds is 2. The second kappa shape index (κ2) is 4.14. The number of carbonyl (C=O) groups is 1. The van der Waals surface area contributed by atoms with Crippen LogP contribution in [0.25, 0.3) is 0 Å². The molecule has 4 nitrogen and oxygen atoms in total. The van der Waals surface area contributed by atoms with Gasteiger partial charge < -0.3 is 4.74 Å². The minimum absolute atomic E-state index is 0.103. The zero-order valence-electron chi connectivity index (χ0n) is 9.61. The van der Waals surface area contributed by atoms with Crippen LogP contribution in [0, 0.1) is 0 Å². The van der Waals surface area contributed by atoms with E-state index in [4.69, 9.17) is 4.74 Å². The minimum Gasteiger partial charge on any atom is -0.489 e. The monoisotopic (exact) mass is 221 g/mol. The average molecular weight is 221 g/mol. The van der Waals surface area contributed by atoms with Gasteiger partial charge in [0.1, 0.15) is 11.9 Å². The molecule has 86 valence electrons. The molecule has 2 rings (SSSR count). The first kappa shape index (κ1) is 11.0. The summed E-state index contributed by atoms with van der Waals surface area (Å²) in [5.41, 5.74) is 3.91. The van der Waals surface area contributed by atoms with Crippen molar-refractivity contribution in [2.24, 2.45) is 0 Å². The third-order valence-electron chi connectivity index (χ3n) is 2.98. The fraction of sp³-hybridized carbons (Fsp3) is 0.417. The number of amides is 1. The Morgan fingerprint density at radius 3 is 2.88 bits per heavy atom. The van der Waals surface area contributed by atoms with Gasteiger partial charge in [0.05, 0.1) is 12.7 Å². The van der Waals surface area contributed by atoms with Crippen molar-refractivity contribution in [2.75, 3.05) is 7.11 Å². The molecule has 1 aromatic rings. The van der Waals surface area contributed by atoms with Crippen molar-refractivity contribution in [3.05, 3.63) is 29.3 Å². The summed E-state index contributed by atoms with van der Waals surface area (Å²) in [6, 6.07) is 5.59. The van der Waals surface area contributed by atoms with Gasteiger partial charge in [0, 0.05) is 11.5 Å². The first-order valence-corrected chi connectivity index (χ1v) is 5.28. The molecule has 0 saturated carbocycles. The molecule has 0 bridgehead atoms. The zero-order chi connectivity index (χ0) is 11.7. The molecule has 0 radical (unpaired) electrons.